The number of alkyl halides is 1. The first-order valence-corrected chi connectivity index (χ1v) is 11.0. The van der Waals surface area contributed by atoms with E-state index < -0.39 is 17.5 Å². The molecular formula is C22H27BrO5. The predicted octanol–water partition coefficient (Wildman–Crippen LogP) is 4.24. The maximum absolute atomic E-state index is 13.5. The summed E-state index contributed by atoms with van der Waals surface area (Å²) in [4.78, 5) is 38.0. The van der Waals surface area contributed by atoms with Crippen LogP contribution >= 0.6 is 15.9 Å². The summed E-state index contributed by atoms with van der Waals surface area (Å²) in [6.45, 7) is 9.73. The summed E-state index contributed by atoms with van der Waals surface area (Å²) in [5, 5.41) is 0. The number of fused-ring (bicyclic) bond motifs is 1. The summed E-state index contributed by atoms with van der Waals surface area (Å²) in [6, 6.07) is 0. The molecule has 152 valence electrons. The van der Waals surface area contributed by atoms with Crippen molar-refractivity contribution in [2.75, 3.05) is 0 Å². The van der Waals surface area contributed by atoms with Gasteiger partial charge in [-0.1, -0.05) is 43.6 Å². The summed E-state index contributed by atoms with van der Waals surface area (Å²) >= 11 is 3.64. The van der Waals surface area contributed by atoms with E-state index in [1.807, 2.05) is 0 Å². The smallest absolute Gasteiger partial charge is 0.341 e. The topological polar surface area (TPSA) is 69.7 Å². The number of hydrogen-bond acceptors (Lipinski definition) is 5. The largest absolute Gasteiger partial charge is 0.454 e. The minimum atomic E-state index is -0.818. The second-order valence-corrected chi connectivity index (χ2v) is 10.6. The fraction of sp³-hybridized carbons (Fsp3) is 0.682. The van der Waals surface area contributed by atoms with Gasteiger partial charge in [-0.3, -0.25) is 9.59 Å². The van der Waals surface area contributed by atoms with Crippen LogP contribution in [0.1, 0.15) is 60.3 Å². The lowest BCUT2D eigenvalue weighted by Gasteiger charge is -2.38. The molecule has 1 saturated carbocycles. The monoisotopic (exact) mass is 450 g/mol. The van der Waals surface area contributed by atoms with Gasteiger partial charge in [0.05, 0.1) is 5.57 Å². The van der Waals surface area contributed by atoms with Gasteiger partial charge in [-0.15, -0.1) is 0 Å². The average molecular weight is 451 g/mol. The fourth-order valence-electron chi connectivity index (χ4n) is 6.12. The van der Waals surface area contributed by atoms with Gasteiger partial charge in [0.25, 0.3) is 0 Å². The van der Waals surface area contributed by atoms with Crippen LogP contribution in [0.25, 0.3) is 0 Å². The molecule has 1 aliphatic heterocycles. The molecule has 1 fully saturated rings. The zero-order chi connectivity index (χ0) is 20.6. The molecule has 0 aromatic carbocycles. The number of rotatable bonds is 2. The Morgan fingerprint density at radius 3 is 2.46 bits per heavy atom. The third kappa shape index (κ3) is 2.52. The standard InChI is InChI=1S/C22H27BrO5/c1-10(2)14-19(27-11(3)24)17(25)16-18-15-13(20(26)28-18)12(23)6-7-21(15,4)8-9-22(14,16)5/h10,12,14,19H,6-9H2,1-5H3/t12-,14-,19-,21-,22+/m0/s1. The summed E-state index contributed by atoms with van der Waals surface area (Å²) in [7, 11) is 0. The molecule has 4 aliphatic rings. The molecule has 0 N–H and O–H groups in total. The summed E-state index contributed by atoms with van der Waals surface area (Å²) in [5.74, 6) is -0.552. The van der Waals surface area contributed by atoms with Crippen molar-refractivity contribution in [2.45, 2.75) is 71.2 Å². The van der Waals surface area contributed by atoms with E-state index in [1.54, 1.807) is 0 Å². The van der Waals surface area contributed by atoms with Crippen LogP contribution in [0.2, 0.25) is 0 Å². The Morgan fingerprint density at radius 1 is 1.18 bits per heavy atom. The molecule has 0 bridgehead atoms. The van der Waals surface area contributed by atoms with Crippen molar-refractivity contribution < 1.29 is 23.9 Å². The third-order valence-electron chi connectivity index (χ3n) is 7.35. The van der Waals surface area contributed by atoms with Gasteiger partial charge >= 0.3 is 11.9 Å². The Balaban J connectivity index is 1.98. The normalized spacial score (nSPS) is 39.8. The van der Waals surface area contributed by atoms with Crippen molar-refractivity contribution in [2.24, 2.45) is 22.7 Å². The number of hydrogen-bond donors (Lipinski definition) is 0. The molecule has 5 nitrogen and oxygen atoms in total. The molecule has 4 rings (SSSR count). The Labute approximate surface area is 174 Å². The highest BCUT2D eigenvalue weighted by molar-refractivity contribution is 9.09. The minimum Gasteiger partial charge on any atom is -0.454 e. The molecule has 0 radical (unpaired) electrons. The average Bonchev–Trinajstić information content (AvgIpc) is 3.00. The van der Waals surface area contributed by atoms with Crippen LogP contribution < -0.4 is 0 Å². The van der Waals surface area contributed by atoms with Gasteiger partial charge in [0, 0.05) is 34.2 Å². The molecule has 0 aromatic heterocycles. The highest BCUT2D eigenvalue weighted by Crippen LogP contribution is 2.63. The maximum atomic E-state index is 13.5. The Kier molecular flexibility index (Phi) is 4.46. The molecule has 0 unspecified atom stereocenters. The number of Topliss-reactive ketones (excluding diaryl/α,β-unsaturated/α-hetero) is 1. The van der Waals surface area contributed by atoms with E-state index in [9.17, 15) is 14.4 Å². The molecule has 0 spiro atoms. The summed E-state index contributed by atoms with van der Waals surface area (Å²) < 4.78 is 11.3. The van der Waals surface area contributed by atoms with Crippen LogP contribution in [0.15, 0.2) is 22.5 Å². The second-order valence-electron chi connectivity index (χ2n) is 9.53. The van der Waals surface area contributed by atoms with Crippen molar-refractivity contribution in [1.29, 1.82) is 0 Å². The number of allylic oxidation sites excluding steroid dienone is 1. The van der Waals surface area contributed by atoms with Crippen LogP contribution in [0.3, 0.4) is 0 Å². The molecule has 28 heavy (non-hydrogen) atoms. The first-order chi connectivity index (χ1) is 13.0. The van der Waals surface area contributed by atoms with Crippen molar-refractivity contribution in [1.82, 2.24) is 0 Å². The van der Waals surface area contributed by atoms with Crippen molar-refractivity contribution in [3.63, 3.8) is 0 Å². The zero-order valence-corrected chi connectivity index (χ0v) is 18.6. The van der Waals surface area contributed by atoms with Gasteiger partial charge in [-0.25, -0.2) is 4.79 Å². The second kappa shape index (κ2) is 6.28. The van der Waals surface area contributed by atoms with E-state index in [2.05, 4.69) is 43.6 Å². The van der Waals surface area contributed by atoms with Gasteiger partial charge in [0.1, 0.15) is 5.76 Å². The van der Waals surface area contributed by atoms with Crippen LogP contribution in [-0.4, -0.2) is 28.7 Å². The molecule has 6 heteroatoms. The number of ketones is 1. The van der Waals surface area contributed by atoms with E-state index >= 15 is 0 Å². The van der Waals surface area contributed by atoms with Gasteiger partial charge < -0.3 is 9.47 Å². The number of carbonyl (C=O) groups excluding carboxylic acids is 3. The third-order valence-corrected chi connectivity index (χ3v) is 8.27. The lowest BCUT2D eigenvalue weighted by atomic mass is 9.66. The first-order valence-electron chi connectivity index (χ1n) is 10.1. The highest BCUT2D eigenvalue weighted by atomic mass is 79.9. The van der Waals surface area contributed by atoms with E-state index in [0.717, 1.165) is 31.3 Å². The summed E-state index contributed by atoms with van der Waals surface area (Å²) in [5.41, 5.74) is 1.46. The van der Waals surface area contributed by atoms with E-state index in [4.69, 9.17) is 9.47 Å². The number of esters is 2. The van der Waals surface area contributed by atoms with Gasteiger partial charge in [0.2, 0.25) is 5.78 Å². The lowest BCUT2D eigenvalue weighted by Crippen LogP contribution is -2.37. The SMILES string of the molecule is CC(=O)O[C@@H]1C(=O)C2=C3OC(=O)C4=C3[C@@](C)(CC[C@@H]4Br)CC[C@]2(C)[C@H]1C(C)C. The van der Waals surface area contributed by atoms with E-state index in [-0.39, 0.29) is 33.8 Å². The molecule has 0 amide bonds. The number of halogens is 1. The molecule has 0 saturated heterocycles. The Hall–Kier alpha value is -1.43. The fourth-order valence-corrected chi connectivity index (χ4v) is 6.77. The van der Waals surface area contributed by atoms with Gasteiger partial charge in [-0.05, 0) is 37.0 Å². The maximum Gasteiger partial charge on any atom is 0.341 e. The van der Waals surface area contributed by atoms with E-state index in [0.29, 0.717) is 16.9 Å². The quantitative estimate of drug-likeness (QED) is 0.464. The molecule has 0 aromatic rings. The van der Waals surface area contributed by atoms with Gasteiger partial charge in [0.15, 0.2) is 6.10 Å². The Morgan fingerprint density at radius 2 is 1.86 bits per heavy atom. The highest BCUT2D eigenvalue weighted by Gasteiger charge is 2.62. The van der Waals surface area contributed by atoms with Crippen molar-refractivity contribution >= 4 is 33.7 Å². The van der Waals surface area contributed by atoms with Crippen LogP contribution in [-0.2, 0) is 23.9 Å². The Bertz CT molecular complexity index is 853. The van der Waals surface area contributed by atoms with Crippen LogP contribution in [0.4, 0.5) is 0 Å². The number of carbonyl (C=O) groups is 3. The summed E-state index contributed by atoms with van der Waals surface area (Å²) in [6.07, 6.45) is 2.67. The van der Waals surface area contributed by atoms with Crippen LogP contribution in [0.5, 0.6) is 0 Å². The minimum absolute atomic E-state index is 0.0489. The number of ether oxygens (including phenoxy) is 2. The predicted molar refractivity (Wildman–Crippen MR) is 106 cm³/mol. The molecule has 1 heterocycles. The van der Waals surface area contributed by atoms with E-state index in [1.165, 1.54) is 6.92 Å². The molecule has 3 aliphatic carbocycles. The molecular weight excluding hydrogens is 424 g/mol. The van der Waals surface area contributed by atoms with Crippen molar-refractivity contribution in [3.8, 4) is 0 Å². The van der Waals surface area contributed by atoms with Gasteiger partial charge in [-0.2, -0.15) is 0 Å². The molecule has 5 atom stereocenters. The van der Waals surface area contributed by atoms with Crippen LogP contribution in [0, 0.1) is 22.7 Å². The lowest BCUT2D eigenvalue weighted by molar-refractivity contribution is -0.155. The van der Waals surface area contributed by atoms with Crippen molar-refractivity contribution in [3.05, 3.63) is 22.5 Å². The zero-order valence-electron chi connectivity index (χ0n) is 17.1. The first kappa shape index (κ1) is 19.9.